The number of H-pyrrole nitrogens is 1. The van der Waals surface area contributed by atoms with E-state index in [1.54, 1.807) is 12.1 Å². The number of carbonyl (C=O) groups is 2. The van der Waals surface area contributed by atoms with Crippen molar-refractivity contribution in [1.82, 2.24) is 15.2 Å². The molecule has 30 heavy (non-hydrogen) atoms. The van der Waals surface area contributed by atoms with Gasteiger partial charge in [0.15, 0.2) is 0 Å². The lowest BCUT2D eigenvalue weighted by atomic mass is 10.0. The van der Waals surface area contributed by atoms with Crippen molar-refractivity contribution in [1.29, 1.82) is 0 Å². The van der Waals surface area contributed by atoms with Gasteiger partial charge in [0, 0.05) is 47.7 Å². The van der Waals surface area contributed by atoms with E-state index in [-0.39, 0.29) is 17.6 Å². The van der Waals surface area contributed by atoms with Crippen LogP contribution in [0.15, 0.2) is 24.3 Å². The van der Waals surface area contributed by atoms with Gasteiger partial charge in [-0.3, -0.25) is 9.59 Å². The number of carbonyl (C=O) groups excluding carboxylic acids is 2. The van der Waals surface area contributed by atoms with Crippen molar-refractivity contribution in [3.8, 4) is 0 Å². The number of benzene rings is 1. The van der Waals surface area contributed by atoms with Crippen molar-refractivity contribution < 1.29 is 14.0 Å². The molecule has 160 valence electrons. The Bertz CT molecular complexity index is 989. The molecular formula is C23H29FN4O2. The maximum atomic E-state index is 13.6. The molecule has 0 bridgehead atoms. The average Bonchev–Trinajstić information content (AvgIpc) is 3.18. The zero-order chi connectivity index (χ0) is 21.8. The third-order valence-corrected chi connectivity index (χ3v) is 5.65. The van der Waals surface area contributed by atoms with Gasteiger partial charge in [-0.1, -0.05) is 19.9 Å². The molecule has 6 nitrogen and oxygen atoms in total. The summed E-state index contributed by atoms with van der Waals surface area (Å²) >= 11 is 0. The highest BCUT2D eigenvalue weighted by Gasteiger charge is 2.25. The Balaban J connectivity index is 1.74. The summed E-state index contributed by atoms with van der Waals surface area (Å²) in [5.41, 5.74) is 4.79. The molecule has 2 heterocycles. The first kappa shape index (κ1) is 21.8. The second kappa shape index (κ2) is 9.26. The number of hydrogen-bond acceptors (Lipinski definition) is 3. The second-order valence-electron chi connectivity index (χ2n) is 7.48. The van der Waals surface area contributed by atoms with E-state index in [0.29, 0.717) is 35.4 Å². The molecule has 0 aliphatic carbocycles. The minimum Gasteiger partial charge on any atom is -0.361 e. The predicted octanol–water partition coefficient (Wildman–Crippen LogP) is 3.42. The molecule has 0 radical (unpaired) electrons. The summed E-state index contributed by atoms with van der Waals surface area (Å²) in [5.74, 6) is -0.726. The third kappa shape index (κ3) is 4.46. The molecule has 0 saturated carbocycles. The highest BCUT2D eigenvalue weighted by molar-refractivity contribution is 6.31. The van der Waals surface area contributed by atoms with Gasteiger partial charge < -0.3 is 20.5 Å². The molecule has 3 N–H and O–H groups in total. The lowest BCUT2D eigenvalue weighted by Gasteiger charge is -2.18. The van der Waals surface area contributed by atoms with Gasteiger partial charge in [0.2, 0.25) is 0 Å². The van der Waals surface area contributed by atoms with Gasteiger partial charge in [-0.05, 0) is 50.7 Å². The number of fused-ring (bicyclic) bond motifs is 1. The van der Waals surface area contributed by atoms with E-state index in [9.17, 15) is 14.0 Å². The van der Waals surface area contributed by atoms with E-state index < -0.39 is 0 Å². The number of allylic oxidation sites excluding steroid dienone is 1. The number of rotatable bonds is 8. The maximum absolute atomic E-state index is 13.6. The van der Waals surface area contributed by atoms with Crippen molar-refractivity contribution in [2.45, 2.75) is 34.1 Å². The SMILES string of the molecule is CCN(CC)CCNC(=O)c1c(C)[nH]c(C/C=C2\C(=O)Nc3ccc(F)cc32)c1C. The van der Waals surface area contributed by atoms with Crippen LogP contribution in [-0.4, -0.2) is 47.9 Å². The van der Waals surface area contributed by atoms with Crippen LogP contribution in [0.4, 0.5) is 10.1 Å². The molecule has 0 atom stereocenters. The van der Waals surface area contributed by atoms with E-state index >= 15 is 0 Å². The minimum atomic E-state index is -0.383. The summed E-state index contributed by atoms with van der Waals surface area (Å²) in [6, 6.07) is 4.25. The number of likely N-dealkylation sites (N-methyl/N-ethyl adjacent to an activating group) is 1. The molecule has 3 rings (SSSR count). The Kier molecular flexibility index (Phi) is 6.72. The zero-order valence-electron chi connectivity index (χ0n) is 18.0. The van der Waals surface area contributed by atoms with Crippen molar-refractivity contribution >= 4 is 23.1 Å². The standard InChI is InChI=1S/C23H29FN4O2/c1-5-28(6-2)12-11-25-23(30)21-14(3)19(26-15(21)4)10-8-17-18-13-16(24)7-9-20(18)27-22(17)29/h7-9,13,26H,5-6,10-12H2,1-4H3,(H,25,30)(H,27,29)/b17-8-. The van der Waals surface area contributed by atoms with E-state index in [1.807, 2.05) is 13.8 Å². The number of amides is 2. The Morgan fingerprint density at radius 1 is 1.23 bits per heavy atom. The van der Waals surface area contributed by atoms with E-state index in [2.05, 4.69) is 34.4 Å². The molecule has 0 unspecified atom stereocenters. The van der Waals surface area contributed by atoms with Crippen LogP contribution in [0.25, 0.3) is 5.57 Å². The third-order valence-electron chi connectivity index (χ3n) is 5.65. The number of hydrogen-bond donors (Lipinski definition) is 3. The van der Waals surface area contributed by atoms with E-state index in [4.69, 9.17) is 0 Å². The van der Waals surface area contributed by atoms with Gasteiger partial charge in [-0.15, -0.1) is 0 Å². The Morgan fingerprint density at radius 2 is 1.97 bits per heavy atom. The van der Waals surface area contributed by atoms with Gasteiger partial charge in [-0.2, -0.15) is 0 Å². The summed E-state index contributed by atoms with van der Waals surface area (Å²) in [6.07, 6.45) is 2.22. The number of anilines is 1. The fraction of sp³-hybridized carbons (Fsp3) is 0.391. The smallest absolute Gasteiger partial charge is 0.256 e. The molecule has 1 aromatic heterocycles. The quantitative estimate of drug-likeness (QED) is 0.582. The van der Waals surface area contributed by atoms with Crippen molar-refractivity contribution in [2.75, 3.05) is 31.5 Å². The number of aromatic amines is 1. The molecule has 1 aromatic carbocycles. The van der Waals surface area contributed by atoms with Crippen LogP contribution >= 0.6 is 0 Å². The molecule has 2 aromatic rings. The monoisotopic (exact) mass is 412 g/mol. The maximum Gasteiger partial charge on any atom is 0.256 e. The largest absolute Gasteiger partial charge is 0.361 e. The van der Waals surface area contributed by atoms with E-state index in [0.717, 1.165) is 36.6 Å². The van der Waals surface area contributed by atoms with Crippen LogP contribution in [-0.2, 0) is 11.2 Å². The molecule has 0 fully saturated rings. The van der Waals surface area contributed by atoms with E-state index in [1.165, 1.54) is 12.1 Å². The lowest BCUT2D eigenvalue weighted by molar-refractivity contribution is -0.110. The van der Waals surface area contributed by atoms with Crippen molar-refractivity contribution in [2.24, 2.45) is 0 Å². The summed E-state index contributed by atoms with van der Waals surface area (Å²) < 4.78 is 13.6. The fourth-order valence-electron chi connectivity index (χ4n) is 3.88. The molecule has 1 aliphatic rings. The predicted molar refractivity (Wildman–Crippen MR) is 117 cm³/mol. The first-order valence-electron chi connectivity index (χ1n) is 10.4. The van der Waals surface area contributed by atoms with Crippen molar-refractivity contribution in [3.05, 3.63) is 58.2 Å². The van der Waals surface area contributed by atoms with Crippen LogP contribution in [0.5, 0.6) is 0 Å². The zero-order valence-corrected chi connectivity index (χ0v) is 18.0. The number of aromatic nitrogens is 1. The van der Waals surface area contributed by atoms with Crippen LogP contribution in [0.3, 0.4) is 0 Å². The molecule has 0 spiro atoms. The number of nitrogens with zero attached hydrogens (tertiary/aromatic N) is 1. The van der Waals surface area contributed by atoms with Crippen LogP contribution in [0.1, 0.15) is 46.7 Å². The normalized spacial score (nSPS) is 14.3. The highest BCUT2D eigenvalue weighted by atomic mass is 19.1. The second-order valence-corrected chi connectivity index (χ2v) is 7.48. The molecule has 2 amide bonds. The van der Waals surface area contributed by atoms with Crippen LogP contribution < -0.4 is 10.6 Å². The first-order valence-corrected chi connectivity index (χ1v) is 10.4. The molecule has 7 heteroatoms. The van der Waals surface area contributed by atoms with Crippen LogP contribution in [0, 0.1) is 19.7 Å². The summed E-state index contributed by atoms with van der Waals surface area (Å²) in [5, 5.41) is 5.74. The number of nitrogens with one attached hydrogen (secondary N) is 3. The number of halogens is 1. The van der Waals surface area contributed by atoms with Gasteiger partial charge in [0.1, 0.15) is 5.82 Å². The number of aryl methyl sites for hydroxylation is 1. The highest BCUT2D eigenvalue weighted by Crippen LogP contribution is 2.32. The van der Waals surface area contributed by atoms with Gasteiger partial charge in [-0.25, -0.2) is 4.39 Å². The first-order chi connectivity index (χ1) is 14.3. The van der Waals surface area contributed by atoms with Gasteiger partial charge >= 0.3 is 0 Å². The Hall–Kier alpha value is -2.93. The van der Waals surface area contributed by atoms with Crippen molar-refractivity contribution in [3.63, 3.8) is 0 Å². The minimum absolute atomic E-state index is 0.0988. The lowest BCUT2D eigenvalue weighted by Crippen LogP contribution is -2.35. The topological polar surface area (TPSA) is 77.2 Å². The fourth-order valence-corrected chi connectivity index (χ4v) is 3.88. The Morgan fingerprint density at radius 3 is 2.67 bits per heavy atom. The van der Waals surface area contributed by atoms with Crippen LogP contribution in [0.2, 0.25) is 0 Å². The summed E-state index contributed by atoms with van der Waals surface area (Å²) in [4.78, 5) is 30.5. The molecular weight excluding hydrogens is 383 g/mol. The molecule has 1 aliphatic heterocycles. The Labute approximate surface area is 176 Å². The molecule has 0 saturated heterocycles. The van der Waals surface area contributed by atoms with Gasteiger partial charge in [0.05, 0.1) is 5.56 Å². The summed E-state index contributed by atoms with van der Waals surface area (Å²) in [7, 11) is 0. The van der Waals surface area contributed by atoms with Gasteiger partial charge in [0.25, 0.3) is 11.8 Å². The average molecular weight is 413 g/mol. The summed E-state index contributed by atoms with van der Waals surface area (Å²) in [6.45, 7) is 11.3.